The number of allylic oxidation sites excluding steroid dienone is 3. The molecule has 76 valence electrons. The molecule has 15 heavy (non-hydrogen) atoms. The Kier molecular flexibility index (Phi) is 4.75. The van der Waals surface area contributed by atoms with Crippen molar-refractivity contribution in [3.8, 4) is 0 Å². The monoisotopic (exact) mass is 197 g/mol. The van der Waals surface area contributed by atoms with Crippen LogP contribution in [0.1, 0.15) is 16.8 Å². The molecule has 0 aromatic carbocycles. The Morgan fingerprint density at radius 1 is 1.07 bits per heavy atom. The minimum atomic E-state index is 0.814. The summed E-state index contributed by atoms with van der Waals surface area (Å²) >= 11 is 0. The summed E-state index contributed by atoms with van der Waals surface area (Å²) in [5.74, 6) is 2.05. The number of aromatic nitrogens is 1. The van der Waals surface area contributed by atoms with Crippen molar-refractivity contribution in [3.63, 3.8) is 0 Å². The summed E-state index contributed by atoms with van der Waals surface area (Å²) in [5, 5.41) is 0. The molecule has 0 aliphatic carbocycles. The summed E-state index contributed by atoms with van der Waals surface area (Å²) in [5.41, 5.74) is 3.66. The van der Waals surface area contributed by atoms with Crippen LogP contribution in [-0.2, 0) is 19.3 Å². The Labute approximate surface area is 92.5 Å². The van der Waals surface area contributed by atoms with Gasteiger partial charge in [-0.15, -0.1) is 0 Å². The van der Waals surface area contributed by atoms with Crippen molar-refractivity contribution in [1.82, 2.24) is 4.89 Å². The van der Waals surface area contributed by atoms with Crippen LogP contribution in [-0.4, -0.2) is 11.9 Å². The topological polar surface area (TPSA) is 12.9 Å². The fourth-order valence-electron chi connectivity index (χ4n) is 1.63. The van der Waals surface area contributed by atoms with E-state index >= 15 is 0 Å². The van der Waals surface area contributed by atoms with Crippen LogP contribution in [0.2, 0.25) is 0 Å². The third-order valence-electron chi connectivity index (χ3n) is 2.29. The molecule has 2 heteroatoms. The van der Waals surface area contributed by atoms with Gasteiger partial charge in [-0.3, -0.25) is 0 Å². The molecule has 0 amide bonds. The number of hydrogen-bond acceptors (Lipinski definition) is 1. The summed E-state index contributed by atoms with van der Waals surface area (Å²) in [7, 11) is 1.85. The van der Waals surface area contributed by atoms with E-state index in [0.717, 1.165) is 25.0 Å². The van der Waals surface area contributed by atoms with Crippen LogP contribution in [0.4, 0.5) is 0 Å². The quantitative estimate of drug-likeness (QED) is 0.638. The van der Waals surface area contributed by atoms with Gasteiger partial charge in [0.2, 0.25) is 0 Å². The molecule has 1 aromatic rings. The molecule has 0 saturated carbocycles. The Bertz CT molecular complexity index is 341. The van der Waals surface area contributed by atoms with Crippen molar-refractivity contribution in [3.05, 3.63) is 60.7 Å². The van der Waals surface area contributed by atoms with E-state index in [-0.39, 0.29) is 0 Å². The summed E-state index contributed by atoms with van der Waals surface area (Å²) in [6.45, 7) is 11.3. The predicted molar refractivity (Wildman–Crippen MR) is 67.3 cm³/mol. The van der Waals surface area contributed by atoms with Gasteiger partial charge in [0.1, 0.15) is 0 Å². The fourth-order valence-corrected chi connectivity index (χ4v) is 1.63. The predicted octanol–water partition coefficient (Wildman–Crippen LogP) is 2.61. The van der Waals surface area contributed by atoms with Crippen LogP contribution in [0, 0.1) is 0 Å². The van der Waals surface area contributed by atoms with Gasteiger partial charge in [-0.1, -0.05) is 0 Å². The second-order valence-corrected chi connectivity index (χ2v) is 3.37. The zero-order valence-corrected chi connectivity index (χ0v) is 9.08. The first-order valence-corrected chi connectivity index (χ1v) is 5.11. The van der Waals surface area contributed by atoms with Gasteiger partial charge < -0.3 is 0 Å². The van der Waals surface area contributed by atoms with Crippen LogP contribution < -0.4 is 0 Å². The second-order valence-electron chi connectivity index (χ2n) is 3.37. The van der Waals surface area contributed by atoms with Crippen molar-refractivity contribution in [1.29, 1.82) is 0 Å². The molecule has 0 bridgehead atoms. The van der Waals surface area contributed by atoms with E-state index in [2.05, 4.69) is 24.6 Å². The SMILES string of the molecule is C=CCc1cbnc(CC=C)c1CC=C. The van der Waals surface area contributed by atoms with Crippen LogP contribution in [0.5, 0.6) is 0 Å². The van der Waals surface area contributed by atoms with Gasteiger partial charge in [0.25, 0.3) is 0 Å². The first-order chi connectivity index (χ1) is 7.33. The summed E-state index contributed by atoms with van der Waals surface area (Å²) in [6, 6.07) is 0. The molecule has 1 aromatic heterocycles. The molecule has 1 nitrogen and oxygen atoms in total. The third-order valence-corrected chi connectivity index (χ3v) is 2.29. The third kappa shape index (κ3) is 3.02. The molecule has 0 aliphatic rings. The Morgan fingerprint density at radius 2 is 1.73 bits per heavy atom. The van der Waals surface area contributed by atoms with Gasteiger partial charge in [-0.2, -0.15) is 0 Å². The standard InChI is InChI=1S/C13H16BN/c1-4-7-11-10-14-15-13(9-6-3)12(11)8-5-2/h4-6,10H,1-3,7-9H2. The molecule has 0 spiro atoms. The van der Waals surface area contributed by atoms with E-state index in [1.54, 1.807) is 0 Å². The minimum absolute atomic E-state index is 0.814. The fraction of sp³-hybridized carbons (Fsp3) is 0.231. The summed E-state index contributed by atoms with van der Waals surface area (Å²) < 4.78 is 0. The average molecular weight is 197 g/mol. The van der Waals surface area contributed by atoms with Crippen molar-refractivity contribution in [2.75, 3.05) is 0 Å². The molecular formula is C13H16BN. The number of nitrogens with zero attached hydrogens (tertiary/aromatic N) is 1. The zero-order chi connectivity index (χ0) is 11.1. The van der Waals surface area contributed by atoms with E-state index in [0.29, 0.717) is 0 Å². The van der Waals surface area contributed by atoms with Crippen molar-refractivity contribution < 1.29 is 0 Å². The van der Waals surface area contributed by atoms with Crippen LogP contribution >= 0.6 is 0 Å². The van der Waals surface area contributed by atoms with Crippen LogP contribution in [0.3, 0.4) is 0 Å². The Morgan fingerprint density at radius 3 is 2.33 bits per heavy atom. The first-order valence-electron chi connectivity index (χ1n) is 5.11. The van der Waals surface area contributed by atoms with Gasteiger partial charge in [-0.05, 0) is 0 Å². The van der Waals surface area contributed by atoms with Crippen LogP contribution in [0.25, 0.3) is 0 Å². The number of rotatable bonds is 6. The van der Waals surface area contributed by atoms with Crippen molar-refractivity contribution in [2.24, 2.45) is 0 Å². The Balaban J connectivity index is 3.13. The normalized spacial score (nSPS) is 9.33. The maximum absolute atomic E-state index is 4.38. The molecule has 1 rings (SSSR count). The maximum atomic E-state index is 4.38. The second kappa shape index (κ2) is 6.12. The van der Waals surface area contributed by atoms with Gasteiger partial charge in [0.15, 0.2) is 0 Å². The first kappa shape index (κ1) is 11.6. The van der Waals surface area contributed by atoms with E-state index in [4.69, 9.17) is 0 Å². The van der Waals surface area contributed by atoms with Gasteiger partial charge in [0, 0.05) is 0 Å². The molecule has 0 radical (unpaired) electrons. The van der Waals surface area contributed by atoms with Crippen molar-refractivity contribution >= 4 is 7.05 Å². The summed E-state index contributed by atoms with van der Waals surface area (Å²) in [6.07, 6.45) is 8.27. The summed E-state index contributed by atoms with van der Waals surface area (Å²) in [4.78, 5) is 4.38. The van der Waals surface area contributed by atoms with E-state index in [9.17, 15) is 0 Å². The van der Waals surface area contributed by atoms with Gasteiger partial charge >= 0.3 is 92.0 Å². The molecule has 0 unspecified atom stereocenters. The van der Waals surface area contributed by atoms with Gasteiger partial charge in [-0.25, -0.2) is 0 Å². The molecule has 1 heterocycles. The molecule has 0 N–H and O–H groups in total. The van der Waals surface area contributed by atoms with Crippen LogP contribution in [0.15, 0.2) is 43.9 Å². The number of hydrogen-bond donors (Lipinski definition) is 0. The molecule has 0 fully saturated rings. The molecular weight excluding hydrogens is 181 g/mol. The molecule has 0 saturated heterocycles. The Hall–Kier alpha value is -1.44. The van der Waals surface area contributed by atoms with Gasteiger partial charge in [0.05, 0.1) is 0 Å². The van der Waals surface area contributed by atoms with E-state index in [1.807, 2.05) is 31.2 Å². The zero-order valence-electron chi connectivity index (χ0n) is 9.08. The van der Waals surface area contributed by atoms with E-state index < -0.39 is 0 Å². The molecule has 0 atom stereocenters. The molecule has 0 aliphatic heterocycles. The van der Waals surface area contributed by atoms with E-state index in [1.165, 1.54) is 11.1 Å². The average Bonchev–Trinajstić information content (AvgIpc) is 2.23. The van der Waals surface area contributed by atoms with Crippen molar-refractivity contribution in [2.45, 2.75) is 19.3 Å².